The van der Waals surface area contributed by atoms with Gasteiger partial charge in [0.15, 0.2) is 0 Å². The van der Waals surface area contributed by atoms with E-state index in [0.29, 0.717) is 15.9 Å². The second kappa shape index (κ2) is 6.01. The summed E-state index contributed by atoms with van der Waals surface area (Å²) in [4.78, 5) is 39.8. The maximum Gasteiger partial charge on any atom is 0.261 e. The average Bonchev–Trinajstić information content (AvgIpc) is 2.98. The van der Waals surface area contributed by atoms with Gasteiger partial charge in [0.05, 0.1) is 22.8 Å². The van der Waals surface area contributed by atoms with Crippen LogP contribution in [0.4, 0.5) is 5.00 Å². The van der Waals surface area contributed by atoms with E-state index in [1.807, 2.05) is 0 Å². The van der Waals surface area contributed by atoms with E-state index >= 15 is 0 Å². The van der Waals surface area contributed by atoms with E-state index < -0.39 is 11.8 Å². The molecule has 2 aromatic heterocycles. The van der Waals surface area contributed by atoms with Crippen LogP contribution in [0, 0.1) is 0 Å². The molecule has 0 fully saturated rings. The van der Waals surface area contributed by atoms with Crippen molar-refractivity contribution in [1.82, 2.24) is 9.55 Å². The molecule has 1 aromatic carbocycles. The monoisotopic (exact) mass is 328 g/mol. The molecule has 0 unspecified atom stereocenters. The summed E-state index contributed by atoms with van der Waals surface area (Å²) in [6.45, 7) is -0.202. The maximum atomic E-state index is 12.3. The van der Waals surface area contributed by atoms with Crippen LogP contribution >= 0.6 is 11.3 Å². The fraction of sp³-hybridized carbons (Fsp3) is 0.0667. The molecular weight excluding hydrogens is 316 g/mol. The number of hydrogen-bond acceptors (Lipinski definition) is 5. The van der Waals surface area contributed by atoms with Gasteiger partial charge < -0.3 is 11.1 Å². The Morgan fingerprint density at radius 1 is 1.26 bits per heavy atom. The van der Waals surface area contributed by atoms with E-state index in [1.54, 1.807) is 29.6 Å². The third-order valence-electron chi connectivity index (χ3n) is 3.23. The Morgan fingerprint density at radius 2 is 2.04 bits per heavy atom. The number of nitrogens with two attached hydrogens (primary N) is 1. The molecule has 0 bridgehead atoms. The standard InChI is InChI=1S/C15H12N4O3S/c16-13(21)10-5-6-23-14(10)18-12(20)7-19-8-17-11-4-2-1-3-9(11)15(19)22/h1-6,8H,7H2,(H2,16,21)(H,18,20). The summed E-state index contributed by atoms with van der Waals surface area (Å²) < 4.78 is 1.22. The van der Waals surface area contributed by atoms with Crippen LogP contribution in [0.15, 0.2) is 46.8 Å². The molecule has 23 heavy (non-hydrogen) atoms. The van der Waals surface area contributed by atoms with Crippen LogP contribution in [0.1, 0.15) is 10.4 Å². The number of aromatic nitrogens is 2. The lowest BCUT2D eigenvalue weighted by Gasteiger charge is -2.07. The van der Waals surface area contributed by atoms with Crippen molar-refractivity contribution in [3.8, 4) is 0 Å². The van der Waals surface area contributed by atoms with Crippen molar-refractivity contribution in [1.29, 1.82) is 0 Å². The second-order valence-electron chi connectivity index (χ2n) is 4.77. The van der Waals surface area contributed by atoms with Gasteiger partial charge in [0, 0.05) is 0 Å². The molecule has 8 heteroatoms. The minimum atomic E-state index is -0.619. The van der Waals surface area contributed by atoms with Crippen molar-refractivity contribution < 1.29 is 9.59 Å². The quantitative estimate of drug-likeness (QED) is 0.750. The highest BCUT2D eigenvalue weighted by Crippen LogP contribution is 2.22. The summed E-state index contributed by atoms with van der Waals surface area (Å²) in [6.07, 6.45) is 1.33. The zero-order valence-corrected chi connectivity index (χ0v) is 12.7. The minimum Gasteiger partial charge on any atom is -0.366 e. The molecule has 0 aliphatic carbocycles. The number of hydrogen-bond donors (Lipinski definition) is 2. The van der Waals surface area contributed by atoms with Crippen LogP contribution in [-0.2, 0) is 11.3 Å². The zero-order valence-electron chi connectivity index (χ0n) is 11.9. The topological polar surface area (TPSA) is 107 Å². The molecule has 3 rings (SSSR count). The van der Waals surface area contributed by atoms with Crippen molar-refractivity contribution in [2.45, 2.75) is 6.54 Å². The highest BCUT2D eigenvalue weighted by molar-refractivity contribution is 7.14. The predicted octanol–water partition coefficient (Wildman–Crippen LogP) is 1.20. The molecule has 0 saturated heterocycles. The highest BCUT2D eigenvalue weighted by Gasteiger charge is 2.13. The van der Waals surface area contributed by atoms with Gasteiger partial charge in [0.2, 0.25) is 5.91 Å². The van der Waals surface area contributed by atoms with Gasteiger partial charge in [-0.3, -0.25) is 19.0 Å². The van der Waals surface area contributed by atoms with Gasteiger partial charge in [0.25, 0.3) is 11.5 Å². The first-order chi connectivity index (χ1) is 11.1. The van der Waals surface area contributed by atoms with Crippen LogP contribution in [0.5, 0.6) is 0 Å². The van der Waals surface area contributed by atoms with Crippen LogP contribution in [0.2, 0.25) is 0 Å². The Balaban J connectivity index is 1.83. The van der Waals surface area contributed by atoms with E-state index in [2.05, 4.69) is 10.3 Å². The number of para-hydroxylation sites is 1. The number of fused-ring (bicyclic) bond motifs is 1. The first-order valence-electron chi connectivity index (χ1n) is 6.67. The smallest absolute Gasteiger partial charge is 0.261 e. The molecule has 2 amide bonds. The average molecular weight is 328 g/mol. The van der Waals surface area contributed by atoms with Gasteiger partial charge in [-0.15, -0.1) is 11.3 Å². The number of primary amides is 1. The number of benzene rings is 1. The van der Waals surface area contributed by atoms with Crippen LogP contribution in [0.25, 0.3) is 10.9 Å². The van der Waals surface area contributed by atoms with Gasteiger partial charge in [-0.05, 0) is 23.6 Å². The van der Waals surface area contributed by atoms with Crippen molar-refractivity contribution >= 4 is 39.1 Å². The first kappa shape index (κ1) is 14.9. The Bertz CT molecular complexity index is 961. The van der Waals surface area contributed by atoms with E-state index in [4.69, 9.17) is 5.73 Å². The van der Waals surface area contributed by atoms with Gasteiger partial charge in [-0.25, -0.2) is 4.98 Å². The minimum absolute atomic E-state index is 0.202. The molecule has 3 N–H and O–H groups in total. The van der Waals surface area contributed by atoms with E-state index in [0.717, 1.165) is 0 Å². The summed E-state index contributed by atoms with van der Waals surface area (Å²) in [5.74, 6) is -1.06. The fourth-order valence-corrected chi connectivity index (χ4v) is 2.95. The molecule has 2 heterocycles. The van der Waals surface area contributed by atoms with Crippen LogP contribution in [-0.4, -0.2) is 21.4 Å². The number of rotatable bonds is 4. The Morgan fingerprint density at radius 3 is 2.83 bits per heavy atom. The van der Waals surface area contributed by atoms with Crippen molar-refractivity contribution in [3.05, 3.63) is 58.0 Å². The van der Waals surface area contributed by atoms with E-state index in [1.165, 1.54) is 28.3 Å². The summed E-state index contributed by atoms with van der Waals surface area (Å²) in [7, 11) is 0. The van der Waals surface area contributed by atoms with Gasteiger partial charge in [-0.1, -0.05) is 12.1 Å². The van der Waals surface area contributed by atoms with Crippen LogP contribution < -0.4 is 16.6 Å². The lowest BCUT2D eigenvalue weighted by Crippen LogP contribution is -2.28. The third-order valence-corrected chi connectivity index (χ3v) is 4.06. The highest BCUT2D eigenvalue weighted by atomic mass is 32.1. The fourth-order valence-electron chi connectivity index (χ4n) is 2.14. The largest absolute Gasteiger partial charge is 0.366 e. The molecule has 0 atom stereocenters. The number of carbonyl (C=O) groups excluding carboxylic acids is 2. The normalized spacial score (nSPS) is 10.6. The Kier molecular flexibility index (Phi) is 3.90. The second-order valence-corrected chi connectivity index (χ2v) is 5.69. The summed E-state index contributed by atoms with van der Waals surface area (Å²) in [5.41, 5.74) is 5.74. The molecule has 0 spiro atoms. The lowest BCUT2D eigenvalue weighted by atomic mass is 10.2. The molecule has 0 radical (unpaired) electrons. The predicted molar refractivity (Wildman–Crippen MR) is 87.5 cm³/mol. The van der Waals surface area contributed by atoms with E-state index in [9.17, 15) is 14.4 Å². The van der Waals surface area contributed by atoms with Crippen LogP contribution in [0.3, 0.4) is 0 Å². The molecule has 7 nitrogen and oxygen atoms in total. The van der Waals surface area contributed by atoms with Gasteiger partial charge >= 0.3 is 0 Å². The maximum absolute atomic E-state index is 12.3. The number of nitrogens with one attached hydrogen (secondary N) is 1. The number of nitrogens with zero attached hydrogens (tertiary/aromatic N) is 2. The van der Waals surface area contributed by atoms with Crippen molar-refractivity contribution in [2.75, 3.05) is 5.32 Å². The first-order valence-corrected chi connectivity index (χ1v) is 7.55. The molecular formula is C15H12N4O3S. The molecule has 0 aliphatic rings. The Hall–Kier alpha value is -3.00. The third kappa shape index (κ3) is 2.97. The van der Waals surface area contributed by atoms with Gasteiger partial charge in [0.1, 0.15) is 11.5 Å². The molecule has 3 aromatic rings. The van der Waals surface area contributed by atoms with E-state index in [-0.39, 0.29) is 17.7 Å². The summed E-state index contributed by atoms with van der Waals surface area (Å²) >= 11 is 1.19. The summed E-state index contributed by atoms with van der Waals surface area (Å²) in [5, 5.41) is 5.05. The number of carbonyl (C=O) groups is 2. The number of thiophene rings is 1. The molecule has 0 saturated carbocycles. The van der Waals surface area contributed by atoms with Gasteiger partial charge in [-0.2, -0.15) is 0 Å². The van der Waals surface area contributed by atoms with Crippen molar-refractivity contribution in [3.63, 3.8) is 0 Å². The lowest BCUT2D eigenvalue weighted by molar-refractivity contribution is -0.116. The summed E-state index contributed by atoms with van der Waals surface area (Å²) in [6, 6.07) is 8.44. The van der Waals surface area contributed by atoms with Crippen molar-refractivity contribution in [2.24, 2.45) is 5.73 Å². The SMILES string of the molecule is NC(=O)c1ccsc1NC(=O)Cn1cnc2ccccc2c1=O. The number of amides is 2. The molecule has 0 aliphatic heterocycles. The Labute approximate surface area is 134 Å². The molecule has 116 valence electrons. The number of anilines is 1. The zero-order chi connectivity index (χ0) is 16.4.